The van der Waals surface area contributed by atoms with Gasteiger partial charge in [0.05, 0.1) is 0 Å². The van der Waals surface area contributed by atoms with E-state index in [1.54, 1.807) is 16.7 Å². The highest BCUT2D eigenvalue weighted by molar-refractivity contribution is 5.37. The van der Waals surface area contributed by atoms with Gasteiger partial charge in [0.2, 0.25) is 0 Å². The molecule has 0 amide bonds. The van der Waals surface area contributed by atoms with Gasteiger partial charge >= 0.3 is 0 Å². The number of allylic oxidation sites excluding steroid dienone is 4. The number of hydrogen-bond acceptors (Lipinski definition) is 0. The summed E-state index contributed by atoms with van der Waals surface area (Å²) in [6, 6.07) is 0. The highest BCUT2D eigenvalue weighted by atomic mass is 14.3. The first-order chi connectivity index (χ1) is 7.09. The molecule has 0 nitrogen and oxygen atoms in total. The monoisotopic (exact) mass is 204 g/mol. The Morgan fingerprint density at radius 3 is 2.60 bits per heavy atom. The van der Waals surface area contributed by atoms with Gasteiger partial charge in [-0.15, -0.1) is 0 Å². The third kappa shape index (κ3) is 2.04. The van der Waals surface area contributed by atoms with Gasteiger partial charge in [-0.25, -0.2) is 0 Å². The van der Waals surface area contributed by atoms with Crippen molar-refractivity contribution in [1.29, 1.82) is 0 Å². The van der Waals surface area contributed by atoms with Crippen molar-refractivity contribution in [2.75, 3.05) is 0 Å². The summed E-state index contributed by atoms with van der Waals surface area (Å²) in [5.41, 5.74) is 5.09. The van der Waals surface area contributed by atoms with Crippen LogP contribution in [-0.2, 0) is 0 Å². The molecule has 0 aromatic heterocycles. The minimum atomic E-state index is 0.810. The van der Waals surface area contributed by atoms with Gasteiger partial charge in [-0.2, -0.15) is 0 Å². The minimum Gasteiger partial charge on any atom is -0.0727 e. The summed E-state index contributed by atoms with van der Waals surface area (Å²) in [5, 5.41) is 0. The van der Waals surface area contributed by atoms with Crippen molar-refractivity contribution < 1.29 is 0 Å². The molecule has 0 saturated heterocycles. The van der Waals surface area contributed by atoms with Gasteiger partial charge in [0.25, 0.3) is 0 Å². The lowest BCUT2D eigenvalue weighted by molar-refractivity contribution is 0.342. The van der Waals surface area contributed by atoms with Crippen LogP contribution in [0.3, 0.4) is 0 Å². The normalized spacial score (nSPS) is 31.7. The van der Waals surface area contributed by atoms with Crippen LogP contribution in [0.1, 0.15) is 53.4 Å². The van der Waals surface area contributed by atoms with E-state index < -0.39 is 0 Å². The predicted octanol–water partition coefficient (Wildman–Crippen LogP) is 4.73. The zero-order chi connectivity index (χ0) is 11.0. The molecule has 2 rings (SSSR count). The largest absolute Gasteiger partial charge is 0.0727 e. The molecule has 0 spiro atoms. The number of hydrogen-bond donors (Lipinski definition) is 0. The summed E-state index contributed by atoms with van der Waals surface area (Å²) >= 11 is 0. The summed E-state index contributed by atoms with van der Waals surface area (Å²) in [4.78, 5) is 0. The molecule has 15 heavy (non-hydrogen) atoms. The van der Waals surface area contributed by atoms with Crippen LogP contribution in [0.2, 0.25) is 0 Å². The van der Waals surface area contributed by atoms with Crippen LogP contribution in [0.4, 0.5) is 0 Å². The van der Waals surface area contributed by atoms with E-state index in [2.05, 4.69) is 33.8 Å². The van der Waals surface area contributed by atoms with Gasteiger partial charge in [-0.05, 0) is 55.9 Å². The molecule has 0 bridgehead atoms. The van der Waals surface area contributed by atoms with E-state index >= 15 is 0 Å². The molecule has 2 aliphatic rings. The Morgan fingerprint density at radius 1 is 1.20 bits per heavy atom. The Labute approximate surface area is 94.5 Å². The fourth-order valence-corrected chi connectivity index (χ4v) is 3.26. The second kappa shape index (κ2) is 4.15. The fourth-order valence-electron chi connectivity index (χ4n) is 3.26. The van der Waals surface area contributed by atoms with Crippen molar-refractivity contribution in [2.24, 2.45) is 17.8 Å². The maximum atomic E-state index is 2.48. The molecule has 0 radical (unpaired) electrons. The van der Waals surface area contributed by atoms with Crippen LogP contribution in [0.5, 0.6) is 0 Å². The van der Waals surface area contributed by atoms with Crippen LogP contribution < -0.4 is 0 Å². The highest BCUT2D eigenvalue weighted by Crippen LogP contribution is 2.43. The molecule has 2 aliphatic carbocycles. The van der Waals surface area contributed by atoms with Crippen molar-refractivity contribution in [2.45, 2.75) is 53.4 Å². The lowest BCUT2D eigenvalue weighted by Gasteiger charge is -2.36. The van der Waals surface area contributed by atoms with Gasteiger partial charge in [0, 0.05) is 0 Å². The average molecular weight is 204 g/mol. The quantitative estimate of drug-likeness (QED) is 0.579. The molecule has 0 saturated carbocycles. The Kier molecular flexibility index (Phi) is 3.04. The third-order valence-corrected chi connectivity index (χ3v) is 4.26. The molecule has 2 atom stereocenters. The maximum Gasteiger partial charge on any atom is -0.0174 e. The highest BCUT2D eigenvalue weighted by Gasteiger charge is 2.29. The lowest BCUT2D eigenvalue weighted by Crippen LogP contribution is -2.23. The van der Waals surface area contributed by atoms with E-state index in [4.69, 9.17) is 0 Å². The second-order valence-electron chi connectivity index (χ2n) is 5.80. The third-order valence-electron chi connectivity index (χ3n) is 4.26. The summed E-state index contributed by atoms with van der Waals surface area (Å²) in [7, 11) is 0. The summed E-state index contributed by atoms with van der Waals surface area (Å²) in [6.07, 6.45) is 7.94. The molecular formula is C15H24. The van der Waals surface area contributed by atoms with Gasteiger partial charge in [0.15, 0.2) is 0 Å². The molecule has 0 aliphatic heterocycles. The molecule has 0 heterocycles. The van der Waals surface area contributed by atoms with Crippen molar-refractivity contribution >= 4 is 0 Å². The fraction of sp³-hybridized carbons (Fsp3) is 0.733. The van der Waals surface area contributed by atoms with Crippen molar-refractivity contribution in [3.8, 4) is 0 Å². The SMILES string of the molecule is CC1=CC2=C(CC1)C(C(C)C)CCC2C. The van der Waals surface area contributed by atoms with Gasteiger partial charge in [0.1, 0.15) is 0 Å². The average Bonchev–Trinajstić information content (AvgIpc) is 2.19. The lowest BCUT2D eigenvalue weighted by atomic mass is 9.69. The topological polar surface area (TPSA) is 0 Å². The van der Waals surface area contributed by atoms with Crippen molar-refractivity contribution in [1.82, 2.24) is 0 Å². The van der Waals surface area contributed by atoms with Gasteiger partial charge < -0.3 is 0 Å². The predicted molar refractivity (Wildman–Crippen MR) is 66.7 cm³/mol. The van der Waals surface area contributed by atoms with E-state index in [1.807, 2.05) is 0 Å². The second-order valence-corrected chi connectivity index (χ2v) is 5.80. The zero-order valence-electron chi connectivity index (χ0n) is 10.6. The van der Waals surface area contributed by atoms with Crippen LogP contribution in [-0.4, -0.2) is 0 Å². The van der Waals surface area contributed by atoms with Gasteiger partial charge in [-0.3, -0.25) is 0 Å². The van der Waals surface area contributed by atoms with Gasteiger partial charge in [-0.1, -0.05) is 38.0 Å². The van der Waals surface area contributed by atoms with E-state index in [9.17, 15) is 0 Å². The Balaban J connectivity index is 2.35. The Bertz CT molecular complexity index is 304. The van der Waals surface area contributed by atoms with Crippen LogP contribution in [0.25, 0.3) is 0 Å². The first kappa shape index (κ1) is 11.0. The van der Waals surface area contributed by atoms with E-state index in [1.165, 1.54) is 25.7 Å². The van der Waals surface area contributed by atoms with Crippen molar-refractivity contribution in [3.63, 3.8) is 0 Å². The zero-order valence-corrected chi connectivity index (χ0v) is 10.6. The van der Waals surface area contributed by atoms with Crippen LogP contribution in [0.15, 0.2) is 22.8 Å². The standard InChI is InChI=1S/C15H24/c1-10(2)13-8-6-12(4)15-9-11(3)5-7-14(13)15/h9-10,12-13H,5-8H2,1-4H3. The number of rotatable bonds is 1. The molecule has 0 aromatic rings. The molecular weight excluding hydrogens is 180 g/mol. The first-order valence-electron chi connectivity index (χ1n) is 6.49. The molecule has 0 N–H and O–H groups in total. The molecule has 84 valence electrons. The summed E-state index contributed by atoms with van der Waals surface area (Å²) in [5.74, 6) is 2.51. The minimum absolute atomic E-state index is 0.810. The maximum absolute atomic E-state index is 2.48. The van der Waals surface area contributed by atoms with E-state index in [-0.39, 0.29) is 0 Å². The first-order valence-corrected chi connectivity index (χ1v) is 6.49. The van der Waals surface area contributed by atoms with Crippen LogP contribution in [0, 0.1) is 17.8 Å². The van der Waals surface area contributed by atoms with Crippen LogP contribution >= 0.6 is 0 Å². The van der Waals surface area contributed by atoms with E-state index in [0.29, 0.717) is 0 Å². The molecule has 2 unspecified atom stereocenters. The van der Waals surface area contributed by atoms with Crippen molar-refractivity contribution in [3.05, 3.63) is 22.8 Å². The molecule has 0 aromatic carbocycles. The summed E-state index contributed by atoms with van der Waals surface area (Å²) in [6.45, 7) is 9.46. The Morgan fingerprint density at radius 2 is 1.93 bits per heavy atom. The molecule has 0 fully saturated rings. The molecule has 0 heteroatoms. The van der Waals surface area contributed by atoms with E-state index in [0.717, 1.165) is 17.8 Å². The smallest absolute Gasteiger partial charge is 0.0174 e. The Hall–Kier alpha value is -0.520. The summed E-state index contributed by atoms with van der Waals surface area (Å²) < 4.78 is 0.